The number of aromatic nitrogens is 2. The molecule has 1 N–H and O–H groups in total. The van der Waals surface area contributed by atoms with Gasteiger partial charge in [-0.2, -0.15) is 5.26 Å². The van der Waals surface area contributed by atoms with Gasteiger partial charge in [0.1, 0.15) is 17.7 Å². The second-order valence-electron chi connectivity index (χ2n) is 5.83. The lowest BCUT2D eigenvalue weighted by atomic mass is 9.86. The zero-order valence-corrected chi connectivity index (χ0v) is 12.2. The van der Waals surface area contributed by atoms with E-state index >= 15 is 0 Å². The molecule has 5 heteroatoms. The van der Waals surface area contributed by atoms with Gasteiger partial charge in [0.05, 0.1) is 5.56 Å². The topological polar surface area (TPSA) is 61.8 Å². The first-order chi connectivity index (χ1) is 10.7. The van der Waals surface area contributed by atoms with Crippen LogP contribution in [0.2, 0.25) is 0 Å². The number of imidazole rings is 1. The summed E-state index contributed by atoms with van der Waals surface area (Å²) in [5.74, 6) is 0.569. The van der Waals surface area contributed by atoms with Crippen molar-refractivity contribution < 1.29 is 9.50 Å². The number of hydrogen-bond donors (Lipinski definition) is 1. The Balaban J connectivity index is 1.94. The van der Waals surface area contributed by atoms with Crippen LogP contribution in [0, 0.1) is 23.1 Å². The Kier molecular flexibility index (Phi) is 4.21. The van der Waals surface area contributed by atoms with E-state index in [4.69, 9.17) is 5.26 Å². The maximum atomic E-state index is 13.5. The average Bonchev–Trinajstić information content (AvgIpc) is 3.05. The second kappa shape index (κ2) is 6.29. The normalized spacial score (nSPS) is 21.5. The lowest BCUT2D eigenvalue weighted by molar-refractivity contribution is 0.163. The summed E-state index contributed by atoms with van der Waals surface area (Å²) >= 11 is 0. The molecule has 0 amide bonds. The first kappa shape index (κ1) is 14.7. The monoisotopic (exact) mass is 299 g/mol. The van der Waals surface area contributed by atoms with E-state index in [2.05, 4.69) is 9.55 Å². The van der Waals surface area contributed by atoms with Gasteiger partial charge in [-0.1, -0.05) is 6.42 Å². The summed E-state index contributed by atoms with van der Waals surface area (Å²) in [7, 11) is 0. The molecule has 1 aliphatic rings. The van der Waals surface area contributed by atoms with Gasteiger partial charge in [0.2, 0.25) is 0 Å². The van der Waals surface area contributed by atoms with Gasteiger partial charge in [0, 0.05) is 30.6 Å². The summed E-state index contributed by atoms with van der Waals surface area (Å²) in [6.45, 7) is 0.218. The number of halogens is 1. The third-order valence-electron chi connectivity index (χ3n) is 4.42. The van der Waals surface area contributed by atoms with Crippen molar-refractivity contribution in [1.29, 1.82) is 5.26 Å². The fourth-order valence-electron chi connectivity index (χ4n) is 3.26. The van der Waals surface area contributed by atoms with Gasteiger partial charge >= 0.3 is 0 Å². The SMILES string of the molecule is N#Cc1cc(-c2nccn2[C@@H]2CCC[C@@H](CO)C2)ccc1F. The molecule has 1 aromatic carbocycles. The molecular formula is C17H18FN3O. The maximum absolute atomic E-state index is 13.5. The zero-order valence-electron chi connectivity index (χ0n) is 12.2. The van der Waals surface area contributed by atoms with Crippen molar-refractivity contribution in [1.82, 2.24) is 9.55 Å². The van der Waals surface area contributed by atoms with Gasteiger partial charge in [-0.25, -0.2) is 9.37 Å². The maximum Gasteiger partial charge on any atom is 0.140 e. The van der Waals surface area contributed by atoms with E-state index in [0.717, 1.165) is 37.1 Å². The van der Waals surface area contributed by atoms with E-state index < -0.39 is 5.82 Å². The van der Waals surface area contributed by atoms with Crippen LogP contribution in [0.1, 0.15) is 37.3 Å². The van der Waals surface area contributed by atoms with Crippen LogP contribution in [0.15, 0.2) is 30.6 Å². The molecular weight excluding hydrogens is 281 g/mol. The fourth-order valence-corrected chi connectivity index (χ4v) is 3.26. The highest BCUT2D eigenvalue weighted by molar-refractivity contribution is 5.58. The minimum atomic E-state index is -0.512. The van der Waals surface area contributed by atoms with Gasteiger partial charge in [0.15, 0.2) is 0 Å². The van der Waals surface area contributed by atoms with E-state index in [-0.39, 0.29) is 12.2 Å². The van der Waals surface area contributed by atoms with Gasteiger partial charge in [-0.3, -0.25) is 0 Å². The fraction of sp³-hybridized carbons (Fsp3) is 0.412. The number of rotatable bonds is 3. The van der Waals surface area contributed by atoms with Crippen LogP contribution in [-0.2, 0) is 0 Å². The predicted molar refractivity (Wildman–Crippen MR) is 80.4 cm³/mol. The number of hydrogen-bond acceptors (Lipinski definition) is 3. The standard InChI is InChI=1S/C17H18FN3O/c18-16-5-4-13(9-14(16)10-19)17-20-6-7-21(17)15-3-1-2-12(8-15)11-22/h4-7,9,12,15,22H,1-3,8,11H2/t12-,15-/m1/s1. The highest BCUT2D eigenvalue weighted by atomic mass is 19.1. The molecule has 22 heavy (non-hydrogen) atoms. The summed E-state index contributed by atoms with van der Waals surface area (Å²) in [4.78, 5) is 4.39. The molecule has 114 valence electrons. The largest absolute Gasteiger partial charge is 0.396 e. The number of benzene rings is 1. The molecule has 1 fully saturated rings. The molecule has 1 saturated carbocycles. The molecule has 2 aromatic rings. The summed E-state index contributed by atoms with van der Waals surface area (Å²) in [5, 5.41) is 18.4. The van der Waals surface area contributed by atoms with Crippen molar-refractivity contribution in [3.63, 3.8) is 0 Å². The number of aliphatic hydroxyl groups excluding tert-OH is 1. The van der Waals surface area contributed by atoms with Gasteiger partial charge < -0.3 is 9.67 Å². The predicted octanol–water partition coefficient (Wildman–Crippen LogP) is 3.28. The number of nitrogens with zero attached hydrogens (tertiary/aromatic N) is 3. The first-order valence-electron chi connectivity index (χ1n) is 7.56. The minimum absolute atomic E-state index is 0.0314. The Morgan fingerprint density at radius 1 is 1.41 bits per heavy atom. The van der Waals surface area contributed by atoms with E-state index in [1.165, 1.54) is 6.07 Å². The molecule has 0 radical (unpaired) electrons. The van der Waals surface area contributed by atoms with E-state index in [9.17, 15) is 9.50 Å². The molecule has 0 saturated heterocycles. The summed E-state index contributed by atoms with van der Waals surface area (Å²) in [5.41, 5.74) is 0.776. The zero-order chi connectivity index (χ0) is 15.5. The Hall–Kier alpha value is -2.19. The molecule has 0 unspecified atom stereocenters. The molecule has 1 aliphatic carbocycles. The third-order valence-corrected chi connectivity index (χ3v) is 4.42. The van der Waals surface area contributed by atoms with Crippen LogP contribution >= 0.6 is 0 Å². The van der Waals surface area contributed by atoms with E-state index in [0.29, 0.717) is 12.0 Å². The lowest BCUT2D eigenvalue weighted by Gasteiger charge is -2.30. The molecule has 0 aliphatic heterocycles. The second-order valence-corrected chi connectivity index (χ2v) is 5.83. The highest BCUT2D eigenvalue weighted by Crippen LogP contribution is 2.35. The van der Waals surface area contributed by atoms with Crippen molar-refractivity contribution in [3.05, 3.63) is 42.0 Å². The molecule has 1 aromatic heterocycles. The Morgan fingerprint density at radius 2 is 2.27 bits per heavy atom. The number of nitriles is 1. The lowest BCUT2D eigenvalue weighted by Crippen LogP contribution is -2.21. The Bertz CT molecular complexity index is 704. The van der Waals surface area contributed by atoms with Gasteiger partial charge in [0.25, 0.3) is 0 Å². The number of aliphatic hydroxyl groups is 1. The van der Waals surface area contributed by atoms with Crippen LogP contribution < -0.4 is 0 Å². The van der Waals surface area contributed by atoms with Crippen molar-refractivity contribution in [2.45, 2.75) is 31.7 Å². The van der Waals surface area contributed by atoms with Crippen molar-refractivity contribution in [2.24, 2.45) is 5.92 Å². The Morgan fingerprint density at radius 3 is 3.05 bits per heavy atom. The molecule has 0 spiro atoms. The molecule has 3 rings (SSSR count). The van der Waals surface area contributed by atoms with Crippen LogP contribution in [0.25, 0.3) is 11.4 Å². The van der Waals surface area contributed by atoms with E-state index in [1.54, 1.807) is 18.3 Å². The summed E-state index contributed by atoms with van der Waals surface area (Å²) in [6.07, 6.45) is 7.77. The molecule has 4 nitrogen and oxygen atoms in total. The molecule has 1 heterocycles. The third kappa shape index (κ3) is 2.75. The molecule has 0 bridgehead atoms. The van der Waals surface area contributed by atoms with Crippen LogP contribution in [0.4, 0.5) is 4.39 Å². The first-order valence-corrected chi connectivity index (χ1v) is 7.56. The average molecular weight is 299 g/mol. The van der Waals surface area contributed by atoms with Crippen LogP contribution in [0.3, 0.4) is 0 Å². The van der Waals surface area contributed by atoms with Gasteiger partial charge in [-0.05, 0) is 43.4 Å². The quantitative estimate of drug-likeness (QED) is 0.946. The molecule has 2 atom stereocenters. The summed E-state index contributed by atoms with van der Waals surface area (Å²) in [6, 6.07) is 6.66. The summed E-state index contributed by atoms with van der Waals surface area (Å²) < 4.78 is 15.6. The van der Waals surface area contributed by atoms with Crippen molar-refractivity contribution in [2.75, 3.05) is 6.61 Å². The smallest absolute Gasteiger partial charge is 0.140 e. The van der Waals surface area contributed by atoms with Gasteiger partial charge in [-0.15, -0.1) is 0 Å². The highest BCUT2D eigenvalue weighted by Gasteiger charge is 2.24. The van der Waals surface area contributed by atoms with Crippen LogP contribution in [-0.4, -0.2) is 21.3 Å². The van der Waals surface area contributed by atoms with Crippen LogP contribution in [0.5, 0.6) is 0 Å². The Labute approximate surface area is 128 Å². The van der Waals surface area contributed by atoms with E-state index in [1.807, 2.05) is 12.3 Å². The minimum Gasteiger partial charge on any atom is -0.396 e. The van der Waals surface area contributed by atoms with Crippen molar-refractivity contribution >= 4 is 0 Å². The van der Waals surface area contributed by atoms with Crippen molar-refractivity contribution in [3.8, 4) is 17.5 Å².